The molecule has 0 aliphatic carbocycles. The van der Waals surface area contributed by atoms with Crippen molar-refractivity contribution in [3.63, 3.8) is 0 Å². The van der Waals surface area contributed by atoms with Gasteiger partial charge >= 0.3 is 5.97 Å². The molecule has 38 heavy (non-hydrogen) atoms. The van der Waals surface area contributed by atoms with Crippen molar-refractivity contribution in [2.24, 2.45) is 5.73 Å². The SMILES string of the molecule is Cc1ccc(COc2cccc(C3C(C#N)=C(N)Oc4cc(OC(=O)Cc5ccccc5)ccc43)c2)cc1. The van der Waals surface area contributed by atoms with Crippen LogP contribution in [0.15, 0.2) is 109 Å². The van der Waals surface area contributed by atoms with E-state index in [1.54, 1.807) is 18.2 Å². The molecule has 0 radical (unpaired) electrons. The Labute approximate surface area is 221 Å². The fraction of sp³-hybridized carbons (Fsp3) is 0.125. The summed E-state index contributed by atoms with van der Waals surface area (Å²) in [5, 5.41) is 9.91. The van der Waals surface area contributed by atoms with Gasteiger partial charge < -0.3 is 19.9 Å². The Morgan fingerprint density at radius 2 is 1.71 bits per heavy atom. The van der Waals surface area contributed by atoms with Crippen molar-refractivity contribution in [1.29, 1.82) is 5.26 Å². The van der Waals surface area contributed by atoms with E-state index in [9.17, 15) is 10.1 Å². The smallest absolute Gasteiger partial charge is 0.315 e. The van der Waals surface area contributed by atoms with Gasteiger partial charge in [0.1, 0.15) is 35.5 Å². The van der Waals surface area contributed by atoms with Gasteiger partial charge in [0.15, 0.2) is 0 Å². The average molecular weight is 503 g/mol. The van der Waals surface area contributed by atoms with Crippen LogP contribution in [0.25, 0.3) is 0 Å². The first-order valence-corrected chi connectivity index (χ1v) is 12.2. The number of nitrogens with zero attached hydrogens (tertiary/aromatic N) is 1. The summed E-state index contributed by atoms with van der Waals surface area (Å²) in [5.41, 5.74) is 11.2. The number of benzene rings is 4. The zero-order valence-corrected chi connectivity index (χ0v) is 20.9. The number of ether oxygens (including phenoxy) is 3. The molecule has 1 heterocycles. The summed E-state index contributed by atoms with van der Waals surface area (Å²) in [4.78, 5) is 12.5. The predicted octanol–water partition coefficient (Wildman–Crippen LogP) is 5.94. The molecule has 1 aliphatic rings. The van der Waals surface area contributed by atoms with E-state index in [1.165, 1.54) is 5.56 Å². The minimum atomic E-state index is -0.458. The number of hydrogen-bond acceptors (Lipinski definition) is 6. The number of nitriles is 1. The lowest BCUT2D eigenvalue weighted by molar-refractivity contribution is -0.133. The molecule has 0 bridgehead atoms. The standard InChI is InChI=1S/C32H26N2O4/c1-21-10-12-23(13-11-21)20-36-25-9-5-8-24(17-25)31-27-15-14-26(18-29(27)38-32(34)28(31)19-33)37-30(35)16-22-6-3-2-4-7-22/h2-15,17-18,31H,16,20,34H2,1H3. The fourth-order valence-electron chi connectivity index (χ4n) is 4.41. The molecule has 0 fully saturated rings. The summed E-state index contributed by atoms with van der Waals surface area (Å²) < 4.78 is 17.4. The first-order valence-electron chi connectivity index (χ1n) is 12.2. The molecular formula is C32H26N2O4. The second-order valence-corrected chi connectivity index (χ2v) is 9.11. The Balaban J connectivity index is 1.38. The molecule has 0 amide bonds. The Kier molecular flexibility index (Phi) is 7.10. The van der Waals surface area contributed by atoms with E-state index >= 15 is 0 Å². The highest BCUT2D eigenvalue weighted by atomic mass is 16.5. The lowest BCUT2D eigenvalue weighted by atomic mass is 9.83. The van der Waals surface area contributed by atoms with E-state index in [-0.39, 0.29) is 18.3 Å². The van der Waals surface area contributed by atoms with Crippen LogP contribution in [0.5, 0.6) is 17.2 Å². The van der Waals surface area contributed by atoms with Crippen molar-refractivity contribution in [3.05, 3.63) is 136 Å². The fourth-order valence-corrected chi connectivity index (χ4v) is 4.41. The number of hydrogen-bond donors (Lipinski definition) is 1. The molecule has 0 aromatic heterocycles. The molecule has 5 rings (SSSR count). The molecule has 6 heteroatoms. The Morgan fingerprint density at radius 3 is 2.47 bits per heavy atom. The third-order valence-corrected chi connectivity index (χ3v) is 6.33. The van der Waals surface area contributed by atoms with E-state index in [0.29, 0.717) is 29.4 Å². The van der Waals surface area contributed by atoms with Crippen molar-refractivity contribution in [2.75, 3.05) is 0 Å². The summed E-state index contributed by atoms with van der Waals surface area (Å²) in [6.07, 6.45) is 0.150. The highest BCUT2D eigenvalue weighted by molar-refractivity contribution is 5.75. The van der Waals surface area contributed by atoms with Gasteiger partial charge in [0, 0.05) is 11.6 Å². The summed E-state index contributed by atoms with van der Waals surface area (Å²) >= 11 is 0. The normalized spacial score (nSPS) is 14.2. The Morgan fingerprint density at radius 1 is 0.921 bits per heavy atom. The first-order chi connectivity index (χ1) is 18.5. The molecule has 0 saturated heterocycles. The monoisotopic (exact) mass is 502 g/mol. The zero-order valence-electron chi connectivity index (χ0n) is 20.9. The number of fused-ring (bicyclic) bond motifs is 1. The maximum Gasteiger partial charge on any atom is 0.315 e. The number of esters is 1. The van der Waals surface area contributed by atoms with Crippen LogP contribution in [0.1, 0.15) is 33.7 Å². The topological polar surface area (TPSA) is 94.6 Å². The third kappa shape index (κ3) is 5.53. The van der Waals surface area contributed by atoms with Crippen molar-refractivity contribution in [2.45, 2.75) is 25.9 Å². The third-order valence-electron chi connectivity index (χ3n) is 6.33. The summed E-state index contributed by atoms with van der Waals surface area (Å²) in [7, 11) is 0. The van der Waals surface area contributed by atoms with E-state index in [0.717, 1.165) is 22.3 Å². The molecule has 0 spiro atoms. The van der Waals surface area contributed by atoms with E-state index in [2.05, 4.69) is 6.07 Å². The second-order valence-electron chi connectivity index (χ2n) is 9.11. The number of rotatable bonds is 7. The van der Waals surface area contributed by atoms with Crippen LogP contribution in [0.3, 0.4) is 0 Å². The van der Waals surface area contributed by atoms with Gasteiger partial charge in [-0.05, 0) is 41.8 Å². The molecule has 188 valence electrons. The molecule has 0 saturated carbocycles. The summed E-state index contributed by atoms with van der Waals surface area (Å²) in [6, 6.07) is 32.5. The van der Waals surface area contributed by atoms with Gasteiger partial charge in [-0.3, -0.25) is 4.79 Å². The van der Waals surface area contributed by atoms with Crippen LogP contribution in [-0.4, -0.2) is 5.97 Å². The Hall–Kier alpha value is -5.02. The minimum absolute atomic E-state index is 0.0174. The molecule has 1 aliphatic heterocycles. The van der Waals surface area contributed by atoms with E-state index < -0.39 is 5.92 Å². The van der Waals surface area contributed by atoms with Crippen LogP contribution in [-0.2, 0) is 17.8 Å². The quantitative estimate of drug-likeness (QED) is 0.248. The molecule has 1 atom stereocenters. The maximum atomic E-state index is 12.5. The highest BCUT2D eigenvalue weighted by Gasteiger charge is 2.31. The molecule has 6 nitrogen and oxygen atoms in total. The van der Waals surface area contributed by atoms with E-state index in [1.807, 2.05) is 85.8 Å². The van der Waals surface area contributed by atoms with Gasteiger partial charge in [0.2, 0.25) is 5.88 Å². The predicted molar refractivity (Wildman–Crippen MR) is 143 cm³/mol. The molecule has 4 aromatic carbocycles. The average Bonchev–Trinajstić information content (AvgIpc) is 2.92. The van der Waals surface area contributed by atoms with Gasteiger partial charge in [0.25, 0.3) is 0 Å². The summed E-state index contributed by atoms with van der Waals surface area (Å²) in [6.45, 7) is 2.47. The largest absolute Gasteiger partial charge is 0.489 e. The Bertz CT molecular complexity index is 1540. The molecular weight excluding hydrogens is 476 g/mol. The molecule has 2 N–H and O–H groups in total. The summed E-state index contributed by atoms with van der Waals surface area (Å²) in [5.74, 6) is 0.625. The molecule has 1 unspecified atom stereocenters. The van der Waals surface area contributed by atoms with Crippen molar-refractivity contribution >= 4 is 5.97 Å². The van der Waals surface area contributed by atoms with Crippen LogP contribution >= 0.6 is 0 Å². The maximum absolute atomic E-state index is 12.5. The first kappa shape index (κ1) is 24.7. The number of aryl methyl sites for hydroxylation is 1. The van der Waals surface area contributed by atoms with Gasteiger partial charge in [0.05, 0.1) is 12.3 Å². The van der Waals surface area contributed by atoms with Crippen molar-refractivity contribution in [3.8, 4) is 23.3 Å². The zero-order chi connectivity index (χ0) is 26.5. The lowest BCUT2D eigenvalue weighted by Crippen LogP contribution is -2.21. The molecule has 4 aromatic rings. The van der Waals surface area contributed by atoms with Gasteiger partial charge in [-0.15, -0.1) is 0 Å². The van der Waals surface area contributed by atoms with E-state index in [4.69, 9.17) is 19.9 Å². The van der Waals surface area contributed by atoms with Crippen LogP contribution in [0, 0.1) is 18.3 Å². The highest BCUT2D eigenvalue weighted by Crippen LogP contribution is 2.44. The second kappa shape index (κ2) is 10.9. The van der Waals surface area contributed by atoms with Crippen molar-refractivity contribution in [1.82, 2.24) is 0 Å². The van der Waals surface area contributed by atoms with Crippen LogP contribution < -0.4 is 19.9 Å². The minimum Gasteiger partial charge on any atom is -0.489 e. The number of carbonyl (C=O) groups is 1. The van der Waals surface area contributed by atoms with Gasteiger partial charge in [-0.2, -0.15) is 5.26 Å². The van der Waals surface area contributed by atoms with Crippen molar-refractivity contribution < 1.29 is 19.0 Å². The van der Waals surface area contributed by atoms with Gasteiger partial charge in [-0.1, -0.05) is 78.4 Å². The van der Waals surface area contributed by atoms with Gasteiger partial charge in [-0.25, -0.2) is 0 Å². The van der Waals surface area contributed by atoms with Crippen LogP contribution in [0.2, 0.25) is 0 Å². The number of nitrogens with two attached hydrogens (primary N) is 1. The lowest BCUT2D eigenvalue weighted by Gasteiger charge is -2.27. The van der Waals surface area contributed by atoms with Crippen LogP contribution in [0.4, 0.5) is 0 Å². The number of carbonyl (C=O) groups excluding carboxylic acids is 1. The number of allylic oxidation sites excluding steroid dienone is 1.